The molecule has 0 fully saturated rings. The minimum Gasteiger partial charge on any atom is -0.489 e. The molecule has 0 radical (unpaired) electrons. The van der Waals surface area contributed by atoms with Crippen LogP contribution in [-0.2, 0) is 6.61 Å². The Morgan fingerprint density at radius 2 is 1.72 bits per heavy atom. The molecular formula is C16H17NO. The van der Waals surface area contributed by atoms with Crippen LogP contribution in [0.1, 0.15) is 17.2 Å². The van der Waals surface area contributed by atoms with Crippen molar-refractivity contribution >= 4 is 0 Å². The van der Waals surface area contributed by atoms with Crippen molar-refractivity contribution in [2.24, 2.45) is 5.73 Å². The van der Waals surface area contributed by atoms with Gasteiger partial charge in [-0.2, -0.15) is 0 Å². The van der Waals surface area contributed by atoms with E-state index >= 15 is 0 Å². The van der Waals surface area contributed by atoms with E-state index in [0.29, 0.717) is 6.61 Å². The van der Waals surface area contributed by atoms with Crippen molar-refractivity contribution in [2.75, 3.05) is 0 Å². The third kappa shape index (κ3) is 2.99. The van der Waals surface area contributed by atoms with E-state index in [1.807, 2.05) is 54.6 Å². The molecule has 0 amide bonds. The number of hydrogen-bond acceptors (Lipinski definition) is 2. The number of para-hydroxylation sites is 1. The molecule has 0 saturated heterocycles. The summed E-state index contributed by atoms with van der Waals surface area (Å²) in [6.07, 6.45) is 1.71. The van der Waals surface area contributed by atoms with Crippen molar-refractivity contribution in [3.8, 4) is 5.75 Å². The minimum absolute atomic E-state index is 0.197. The van der Waals surface area contributed by atoms with E-state index in [1.165, 1.54) is 0 Å². The van der Waals surface area contributed by atoms with Gasteiger partial charge in [-0.3, -0.25) is 0 Å². The van der Waals surface area contributed by atoms with E-state index < -0.39 is 0 Å². The summed E-state index contributed by atoms with van der Waals surface area (Å²) >= 11 is 0. The SMILES string of the molecule is C=CC(N)c1ccccc1OCc1ccccc1. The van der Waals surface area contributed by atoms with E-state index in [2.05, 4.69) is 6.58 Å². The molecule has 0 heterocycles. The Balaban J connectivity index is 2.12. The Hall–Kier alpha value is -2.06. The lowest BCUT2D eigenvalue weighted by Gasteiger charge is -2.14. The second kappa shape index (κ2) is 6.03. The first kappa shape index (κ1) is 12.4. The Morgan fingerprint density at radius 3 is 2.44 bits per heavy atom. The predicted molar refractivity (Wildman–Crippen MR) is 74.3 cm³/mol. The zero-order valence-corrected chi connectivity index (χ0v) is 10.3. The summed E-state index contributed by atoms with van der Waals surface area (Å²) in [5.74, 6) is 0.814. The third-order valence-electron chi connectivity index (χ3n) is 2.77. The first-order valence-electron chi connectivity index (χ1n) is 5.95. The van der Waals surface area contributed by atoms with Crippen molar-refractivity contribution in [1.82, 2.24) is 0 Å². The Labute approximate surface area is 108 Å². The van der Waals surface area contributed by atoms with Gasteiger partial charge in [-0.1, -0.05) is 54.6 Å². The van der Waals surface area contributed by atoms with Crippen molar-refractivity contribution in [2.45, 2.75) is 12.6 Å². The van der Waals surface area contributed by atoms with Crippen LogP contribution in [0, 0.1) is 0 Å². The largest absolute Gasteiger partial charge is 0.489 e. The molecule has 0 aliphatic rings. The van der Waals surface area contributed by atoms with Gasteiger partial charge in [0.2, 0.25) is 0 Å². The second-order valence-corrected chi connectivity index (χ2v) is 4.07. The first-order valence-corrected chi connectivity index (χ1v) is 5.95. The van der Waals surface area contributed by atoms with Gasteiger partial charge in [0.25, 0.3) is 0 Å². The quantitative estimate of drug-likeness (QED) is 0.811. The molecule has 0 saturated carbocycles. The summed E-state index contributed by atoms with van der Waals surface area (Å²) in [5.41, 5.74) is 8.07. The van der Waals surface area contributed by atoms with E-state index in [0.717, 1.165) is 16.9 Å². The molecule has 2 nitrogen and oxygen atoms in total. The molecule has 0 aromatic heterocycles. The smallest absolute Gasteiger partial charge is 0.124 e. The highest BCUT2D eigenvalue weighted by Crippen LogP contribution is 2.24. The summed E-state index contributed by atoms with van der Waals surface area (Å²) in [6.45, 7) is 4.26. The van der Waals surface area contributed by atoms with E-state index in [1.54, 1.807) is 6.08 Å². The topological polar surface area (TPSA) is 35.2 Å². The van der Waals surface area contributed by atoms with Gasteiger partial charge in [0, 0.05) is 5.56 Å². The highest BCUT2D eigenvalue weighted by Gasteiger charge is 2.08. The average Bonchev–Trinajstić information content (AvgIpc) is 2.45. The van der Waals surface area contributed by atoms with Crippen LogP contribution in [0.3, 0.4) is 0 Å². The molecule has 2 N–H and O–H groups in total. The summed E-state index contributed by atoms with van der Waals surface area (Å²) in [5, 5.41) is 0. The lowest BCUT2D eigenvalue weighted by molar-refractivity contribution is 0.302. The number of nitrogens with two attached hydrogens (primary N) is 1. The fourth-order valence-corrected chi connectivity index (χ4v) is 1.75. The summed E-state index contributed by atoms with van der Waals surface area (Å²) in [4.78, 5) is 0. The molecule has 18 heavy (non-hydrogen) atoms. The van der Waals surface area contributed by atoms with Crippen LogP contribution >= 0.6 is 0 Å². The number of ether oxygens (including phenoxy) is 1. The van der Waals surface area contributed by atoms with Gasteiger partial charge < -0.3 is 10.5 Å². The van der Waals surface area contributed by atoms with E-state index in [-0.39, 0.29) is 6.04 Å². The van der Waals surface area contributed by atoms with Crippen molar-refractivity contribution in [3.63, 3.8) is 0 Å². The van der Waals surface area contributed by atoms with Crippen LogP contribution in [0.25, 0.3) is 0 Å². The molecule has 0 aliphatic heterocycles. The average molecular weight is 239 g/mol. The maximum absolute atomic E-state index is 5.97. The van der Waals surface area contributed by atoms with E-state index in [4.69, 9.17) is 10.5 Å². The monoisotopic (exact) mass is 239 g/mol. The van der Waals surface area contributed by atoms with Gasteiger partial charge >= 0.3 is 0 Å². The number of hydrogen-bond donors (Lipinski definition) is 1. The molecule has 2 rings (SSSR count). The molecular weight excluding hydrogens is 222 g/mol. The molecule has 2 aromatic rings. The van der Waals surface area contributed by atoms with Crippen molar-refractivity contribution < 1.29 is 4.74 Å². The van der Waals surface area contributed by atoms with Gasteiger partial charge in [-0.05, 0) is 11.6 Å². The van der Waals surface area contributed by atoms with Crippen LogP contribution in [0.5, 0.6) is 5.75 Å². The standard InChI is InChI=1S/C16H17NO/c1-2-15(17)14-10-6-7-11-16(14)18-12-13-8-4-3-5-9-13/h2-11,15H,1,12,17H2. The van der Waals surface area contributed by atoms with Gasteiger partial charge in [0.05, 0.1) is 6.04 Å². The molecule has 2 aromatic carbocycles. The van der Waals surface area contributed by atoms with Gasteiger partial charge in [-0.15, -0.1) is 6.58 Å². The molecule has 1 atom stereocenters. The zero-order valence-electron chi connectivity index (χ0n) is 10.3. The fraction of sp³-hybridized carbons (Fsp3) is 0.125. The normalized spacial score (nSPS) is 11.8. The van der Waals surface area contributed by atoms with Crippen LogP contribution in [-0.4, -0.2) is 0 Å². The molecule has 2 heteroatoms. The van der Waals surface area contributed by atoms with Crippen LogP contribution in [0.4, 0.5) is 0 Å². The third-order valence-corrected chi connectivity index (χ3v) is 2.77. The highest BCUT2D eigenvalue weighted by molar-refractivity contribution is 5.37. The summed E-state index contributed by atoms with van der Waals surface area (Å²) in [7, 11) is 0. The maximum atomic E-state index is 5.97. The molecule has 0 bridgehead atoms. The zero-order chi connectivity index (χ0) is 12.8. The Kier molecular flexibility index (Phi) is 4.15. The summed E-state index contributed by atoms with van der Waals surface area (Å²) < 4.78 is 5.82. The molecule has 0 aliphatic carbocycles. The molecule has 0 spiro atoms. The summed E-state index contributed by atoms with van der Waals surface area (Å²) in [6, 6.07) is 17.7. The van der Waals surface area contributed by atoms with Crippen LogP contribution in [0.2, 0.25) is 0 Å². The van der Waals surface area contributed by atoms with E-state index in [9.17, 15) is 0 Å². The lowest BCUT2D eigenvalue weighted by Crippen LogP contribution is -2.09. The molecule has 92 valence electrons. The van der Waals surface area contributed by atoms with Crippen molar-refractivity contribution in [1.29, 1.82) is 0 Å². The first-order chi connectivity index (χ1) is 8.81. The van der Waals surface area contributed by atoms with Gasteiger partial charge in [0.15, 0.2) is 0 Å². The molecule has 1 unspecified atom stereocenters. The Bertz CT molecular complexity index is 508. The second-order valence-electron chi connectivity index (χ2n) is 4.07. The lowest BCUT2D eigenvalue weighted by atomic mass is 10.1. The van der Waals surface area contributed by atoms with Gasteiger partial charge in [-0.25, -0.2) is 0 Å². The fourth-order valence-electron chi connectivity index (χ4n) is 1.75. The maximum Gasteiger partial charge on any atom is 0.124 e. The number of benzene rings is 2. The van der Waals surface area contributed by atoms with Crippen molar-refractivity contribution in [3.05, 3.63) is 78.4 Å². The number of rotatable bonds is 5. The van der Waals surface area contributed by atoms with Crippen LogP contribution < -0.4 is 10.5 Å². The highest BCUT2D eigenvalue weighted by atomic mass is 16.5. The minimum atomic E-state index is -0.197. The Morgan fingerprint density at radius 1 is 1.06 bits per heavy atom. The van der Waals surface area contributed by atoms with Gasteiger partial charge in [0.1, 0.15) is 12.4 Å². The predicted octanol–water partition coefficient (Wildman–Crippen LogP) is 3.45. The van der Waals surface area contributed by atoms with Crippen LogP contribution in [0.15, 0.2) is 67.3 Å².